The van der Waals surface area contributed by atoms with E-state index >= 15 is 0 Å². The van der Waals surface area contributed by atoms with Gasteiger partial charge in [0.15, 0.2) is 0 Å². The number of nitrogens with two attached hydrogens (primary N) is 1. The third-order valence-corrected chi connectivity index (χ3v) is 1.92. The molecule has 0 atom stereocenters. The lowest BCUT2D eigenvalue weighted by molar-refractivity contribution is 0.0953. The summed E-state index contributed by atoms with van der Waals surface area (Å²) >= 11 is 0. The van der Waals surface area contributed by atoms with Crippen LogP contribution in [0.3, 0.4) is 0 Å². The van der Waals surface area contributed by atoms with Crippen molar-refractivity contribution in [1.82, 2.24) is 10.3 Å². The number of anilines is 1. The second-order valence-electron chi connectivity index (χ2n) is 3.07. The predicted molar refractivity (Wildman–Crippen MR) is 55.9 cm³/mol. The third kappa shape index (κ3) is 2.73. The number of rotatable bonds is 4. The number of pyridine rings is 1. The Kier molecular flexibility index (Phi) is 3.91. The zero-order valence-corrected chi connectivity index (χ0v) is 8.29. The van der Waals surface area contributed by atoms with E-state index < -0.39 is 0 Å². The maximum atomic E-state index is 11.5. The van der Waals surface area contributed by atoms with Gasteiger partial charge in [-0.2, -0.15) is 0 Å². The van der Waals surface area contributed by atoms with Crippen molar-refractivity contribution >= 4 is 11.6 Å². The number of carbonyl (C=O) groups excluding carboxylic acids is 1. The van der Waals surface area contributed by atoms with E-state index in [1.54, 1.807) is 12.3 Å². The van der Waals surface area contributed by atoms with Gasteiger partial charge in [-0.15, -0.1) is 0 Å². The molecule has 0 radical (unpaired) electrons. The molecule has 4 nitrogen and oxygen atoms in total. The van der Waals surface area contributed by atoms with Crippen LogP contribution in [0.1, 0.15) is 30.1 Å². The molecule has 0 aliphatic carbocycles. The van der Waals surface area contributed by atoms with Crippen LogP contribution in [0.15, 0.2) is 18.5 Å². The zero-order valence-electron chi connectivity index (χ0n) is 8.29. The summed E-state index contributed by atoms with van der Waals surface area (Å²) in [5, 5.41) is 2.78. The largest absolute Gasteiger partial charge is 0.398 e. The average molecular weight is 193 g/mol. The van der Waals surface area contributed by atoms with Crippen molar-refractivity contribution in [3.8, 4) is 0 Å². The minimum absolute atomic E-state index is 0.149. The highest BCUT2D eigenvalue weighted by molar-refractivity contribution is 5.98. The summed E-state index contributed by atoms with van der Waals surface area (Å²) < 4.78 is 0. The van der Waals surface area contributed by atoms with E-state index in [1.807, 2.05) is 0 Å². The average Bonchev–Trinajstić information content (AvgIpc) is 2.18. The van der Waals surface area contributed by atoms with Crippen molar-refractivity contribution in [2.45, 2.75) is 19.8 Å². The number of hydrogen-bond donors (Lipinski definition) is 2. The SMILES string of the molecule is CCCCNC(=O)c1cnccc1N. The second-order valence-corrected chi connectivity index (χ2v) is 3.07. The number of unbranched alkanes of at least 4 members (excludes halogenated alkanes) is 1. The lowest BCUT2D eigenvalue weighted by atomic mass is 10.2. The van der Waals surface area contributed by atoms with E-state index in [-0.39, 0.29) is 5.91 Å². The predicted octanol–water partition coefficient (Wildman–Crippen LogP) is 1.19. The molecule has 1 aromatic heterocycles. The Hall–Kier alpha value is -1.58. The van der Waals surface area contributed by atoms with Gasteiger partial charge in [0.2, 0.25) is 0 Å². The molecule has 0 aromatic carbocycles. The molecular formula is C10H15N3O. The number of nitrogen functional groups attached to an aromatic ring is 1. The lowest BCUT2D eigenvalue weighted by Crippen LogP contribution is -2.25. The maximum Gasteiger partial charge on any atom is 0.254 e. The molecule has 0 saturated heterocycles. The van der Waals surface area contributed by atoms with Gasteiger partial charge in [0.25, 0.3) is 5.91 Å². The van der Waals surface area contributed by atoms with E-state index in [4.69, 9.17) is 5.73 Å². The van der Waals surface area contributed by atoms with Crippen molar-refractivity contribution in [1.29, 1.82) is 0 Å². The third-order valence-electron chi connectivity index (χ3n) is 1.92. The maximum absolute atomic E-state index is 11.5. The highest BCUT2D eigenvalue weighted by Gasteiger charge is 2.07. The Morgan fingerprint density at radius 1 is 1.64 bits per heavy atom. The van der Waals surface area contributed by atoms with Crippen molar-refractivity contribution in [2.24, 2.45) is 0 Å². The molecule has 0 bridgehead atoms. The van der Waals surface area contributed by atoms with Gasteiger partial charge in [-0.25, -0.2) is 0 Å². The van der Waals surface area contributed by atoms with E-state index in [1.165, 1.54) is 6.20 Å². The Bertz CT molecular complexity index is 312. The number of hydrogen-bond acceptors (Lipinski definition) is 3. The van der Waals surface area contributed by atoms with Crippen molar-refractivity contribution < 1.29 is 4.79 Å². The van der Waals surface area contributed by atoms with Gasteiger partial charge in [-0.1, -0.05) is 13.3 Å². The van der Waals surface area contributed by atoms with Crippen LogP contribution in [-0.2, 0) is 0 Å². The molecule has 0 saturated carbocycles. The fourth-order valence-electron chi connectivity index (χ4n) is 1.07. The molecule has 14 heavy (non-hydrogen) atoms. The van der Waals surface area contributed by atoms with Crippen molar-refractivity contribution in [3.63, 3.8) is 0 Å². The smallest absolute Gasteiger partial charge is 0.254 e. The van der Waals surface area contributed by atoms with Crippen LogP contribution in [0.4, 0.5) is 5.69 Å². The van der Waals surface area contributed by atoms with Crippen LogP contribution in [-0.4, -0.2) is 17.4 Å². The van der Waals surface area contributed by atoms with E-state index in [2.05, 4.69) is 17.2 Å². The molecule has 1 amide bonds. The highest BCUT2D eigenvalue weighted by atomic mass is 16.1. The lowest BCUT2D eigenvalue weighted by Gasteiger charge is -2.05. The number of carbonyl (C=O) groups is 1. The Morgan fingerprint density at radius 3 is 3.07 bits per heavy atom. The molecule has 0 aliphatic rings. The first kappa shape index (κ1) is 10.5. The summed E-state index contributed by atoms with van der Waals surface area (Å²) in [7, 11) is 0. The summed E-state index contributed by atoms with van der Waals surface area (Å²) in [6.45, 7) is 2.76. The van der Waals surface area contributed by atoms with Gasteiger partial charge < -0.3 is 11.1 Å². The van der Waals surface area contributed by atoms with Crippen LogP contribution in [0, 0.1) is 0 Å². The molecule has 4 heteroatoms. The quantitative estimate of drug-likeness (QED) is 0.706. The van der Waals surface area contributed by atoms with Crippen LogP contribution in [0.25, 0.3) is 0 Å². The summed E-state index contributed by atoms with van der Waals surface area (Å²) in [4.78, 5) is 15.4. The first-order valence-corrected chi connectivity index (χ1v) is 4.73. The van der Waals surface area contributed by atoms with Gasteiger partial charge in [0.05, 0.1) is 5.56 Å². The van der Waals surface area contributed by atoms with E-state index in [0.29, 0.717) is 17.8 Å². The molecule has 0 fully saturated rings. The normalized spacial score (nSPS) is 9.79. The molecule has 1 rings (SSSR count). The van der Waals surface area contributed by atoms with E-state index in [9.17, 15) is 4.79 Å². The van der Waals surface area contributed by atoms with Crippen molar-refractivity contribution in [2.75, 3.05) is 12.3 Å². The number of nitrogens with one attached hydrogen (secondary N) is 1. The topological polar surface area (TPSA) is 68.0 Å². The van der Waals surface area contributed by atoms with Crippen LogP contribution < -0.4 is 11.1 Å². The monoisotopic (exact) mass is 193 g/mol. The Labute approximate surface area is 83.5 Å². The molecule has 3 N–H and O–H groups in total. The number of aromatic nitrogens is 1. The van der Waals surface area contributed by atoms with Crippen LogP contribution >= 0.6 is 0 Å². The summed E-state index contributed by atoms with van der Waals surface area (Å²) in [6, 6.07) is 1.62. The summed E-state index contributed by atoms with van der Waals surface area (Å²) in [5.74, 6) is -0.149. The molecule has 0 aliphatic heterocycles. The number of nitrogens with zero attached hydrogens (tertiary/aromatic N) is 1. The van der Waals surface area contributed by atoms with Gasteiger partial charge >= 0.3 is 0 Å². The van der Waals surface area contributed by atoms with Gasteiger partial charge in [0.1, 0.15) is 0 Å². The fourth-order valence-corrected chi connectivity index (χ4v) is 1.07. The van der Waals surface area contributed by atoms with E-state index in [0.717, 1.165) is 12.8 Å². The second kappa shape index (κ2) is 5.21. The first-order valence-electron chi connectivity index (χ1n) is 4.73. The Morgan fingerprint density at radius 2 is 2.43 bits per heavy atom. The van der Waals surface area contributed by atoms with Gasteiger partial charge in [-0.3, -0.25) is 9.78 Å². The molecule has 1 aromatic rings. The molecule has 1 heterocycles. The van der Waals surface area contributed by atoms with Crippen molar-refractivity contribution in [3.05, 3.63) is 24.0 Å². The molecular weight excluding hydrogens is 178 g/mol. The first-order chi connectivity index (χ1) is 6.75. The highest BCUT2D eigenvalue weighted by Crippen LogP contribution is 2.07. The number of amides is 1. The standard InChI is InChI=1S/C10H15N3O/c1-2-3-5-13-10(14)8-7-12-6-4-9(8)11/h4,6-7H,2-3,5H2,1H3,(H2,11,12)(H,13,14). The Balaban J connectivity index is 2.56. The zero-order chi connectivity index (χ0) is 10.4. The van der Waals surface area contributed by atoms with Gasteiger partial charge in [-0.05, 0) is 12.5 Å². The fraction of sp³-hybridized carbons (Fsp3) is 0.400. The molecule has 0 unspecified atom stereocenters. The molecule has 76 valence electrons. The molecule has 0 spiro atoms. The summed E-state index contributed by atoms with van der Waals surface area (Å²) in [6.07, 6.45) is 5.09. The van der Waals surface area contributed by atoms with Gasteiger partial charge in [0, 0.05) is 24.6 Å². The summed E-state index contributed by atoms with van der Waals surface area (Å²) in [5.41, 5.74) is 6.54. The minimum Gasteiger partial charge on any atom is -0.398 e. The van der Waals surface area contributed by atoms with Crippen LogP contribution in [0.2, 0.25) is 0 Å². The minimum atomic E-state index is -0.149. The van der Waals surface area contributed by atoms with Crippen LogP contribution in [0.5, 0.6) is 0 Å².